The molecule has 0 saturated carbocycles. The van der Waals surface area contributed by atoms with Gasteiger partial charge in [-0.1, -0.05) is 0 Å². The highest BCUT2D eigenvalue weighted by Crippen LogP contribution is 2.47. The number of nitrogens with one attached hydrogen (secondary N) is 1. The number of hydrogen-bond donors (Lipinski definition) is 2. The van der Waals surface area contributed by atoms with E-state index in [0.717, 1.165) is 36.4 Å². The summed E-state index contributed by atoms with van der Waals surface area (Å²) in [5.74, 6) is 1.04. The predicted molar refractivity (Wildman–Crippen MR) is 146 cm³/mol. The first-order chi connectivity index (χ1) is 18.8. The molecule has 2 saturated heterocycles. The molecule has 4 heterocycles. The Kier molecular flexibility index (Phi) is 7.72. The van der Waals surface area contributed by atoms with Gasteiger partial charge in [-0.25, -0.2) is 9.97 Å². The van der Waals surface area contributed by atoms with Crippen LogP contribution in [0.15, 0.2) is 24.3 Å². The predicted octanol–water partition coefficient (Wildman–Crippen LogP) is 1.71. The zero-order valence-corrected chi connectivity index (χ0v) is 23.0. The van der Waals surface area contributed by atoms with Gasteiger partial charge in [0.2, 0.25) is 5.91 Å². The molecule has 2 atom stereocenters. The van der Waals surface area contributed by atoms with Gasteiger partial charge >= 0.3 is 5.97 Å². The van der Waals surface area contributed by atoms with E-state index >= 15 is 0 Å². The maximum atomic E-state index is 13.7. The molecule has 0 radical (unpaired) electrons. The fourth-order valence-electron chi connectivity index (χ4n) is 5.57. The summed E-state index contributed by atoms with van der Waals surface area (Å²) in [5, 5.41) is 3.13. The van der Waals surface area contributed by atoms with Crippen LogP contribution in [0.1, 0.15) is 38.1 Å². The average Bonchev–Trinajstić information content (AvgIpc) is 3.53. The van der Waals surface area contributed by atoms with Gasteiger partial charge in [0.05, 0.1) is 37.0 Å². The minimum atomic E-state index is -0.838. The average molecular weight is 540 g/mol. The molecule has 2 aromatic rings. The quantitative estimate of drug-likeness (QED) is 0.375. The third-order valence-corrected chi connectivity index (χ3v) is 7.71. The summed E-state index contributed by atoms with van der Waals surface area (Å²) in [6.45, 7) is 7.47. The van der Waals surface area contributed by atoms with Crippen molar-refractivity contribution in [1.82, 2.24) is 14.9 Å². The Hall–Kier alpha value is -3.32. The van der Waals surface area contributed by atoms with Gasteiger partial charge in [-0.2, -0.15) is 0 Å². The van der Waals surface area contributed by atoms with Gasteiger partial charge in [0, 0.05) is 32.4 Å². The summed E-state index contributed by atoms with van der Waals surface area (Å²) >= 11 is 0. The Morgan fingerprint density at radius 3 is 2.54 bits per heavy atom. The van der Waals surface area contributed by atoms with Crippen LogP contribution in [0.2, 0.25) is 0 Å². The first-order valence-corrected chi connectivity index (χ1v) is 13.3. The Bertz CT molecular complexity index is 1220. The highest BCUT2D eigenvalue weighted by atomic mass is 16.5. The molecule has 0 aliphatic carbocycles. The lowest BCUT2D eigenvalue weighted by Gasteiger charge is -2.29. The number of carbonyl (C=O) groups excluding carboxylic acids is 2. The van der Waals surface area contributed by atoms with Gasteiger partial charge in [0.25, 0.3) is 0 Å². The number of anilines is 4. The number of rotatable bonds is 8. The molecule has 39 heavy (non-hydrogen) atoms. The number of morpholine rings is 1. The van der Waals surface area contributed by atoms with Gasteiger partial charge < -0.3 is 24.4 Å². The minimum Gasteiger partial charge on any atom is -0.468 e. The van der Waals surface area contributed by atoms with Crippen molar-refractivity contribution in [3.63, 3.8) is 0 Å². The molecular weight excluding hydrogens is 502 g/mol. The van der Waals surface area contributed by atoms with Gasteiger partial charge in [0.15, 0.2) is 12.2 Å². The first kappa shape index (κ1) is 27.3. The molecule has 12 nitrogen and oxygen atoms in total. The first-order valence-electron chi connectivity index (χ1n) is 13.3. The van der Waals surface area contributed by atoms with Crippen LogP contribution in [0, 0.1) is 0 Å². The molecule has 0 bridgehead atoms. The zero-order valence-electron chi connectivity index (χ0n) is 23.0. The maximum absolute atomic E-state index is 13.7. The normalized spacial score (nSPS) is 21.7. The van der Waals surface area contributed by atoms with Gasteiger partial charge in [-0.15, -0.1) is 0 Å². The lowest BCUT2D eigenvalue weighted by Crippen LogP contribution is -2.49. The van der Waals surface area contributed by atoms with Gasteiger partial charge in [-0.05, 0) is 51.0 Å². The Morgan fingerprint density at radius 1 is 1.18 bits per heavy atom. The van der Waals surface area contributed by atoms with Crippen LogP contribution in [-0.2, 0) is 35.8 Å². The molecule has 1 amide bonds. The van der Waals surface area contributed by atoms with Crippen molar-refractivity contribution in [1.29, 1.82) is 0 Å². The van der Waals surface area contributed by atoms with E-state index in [1.54, 1.807) is 16.8 Å². The number of benzene rings is 1. The second-order valence-electron chi connectivity index (χ2n) is 10.4. The number of hydrogen-bond acceptors (Lipinski definition) is 11. The molecular formula is C27H37N7O5. The summed E-state index contributed by atoms with van der Waals surface area (Å²) in [4.78, 5) is 41.0. The summed E-state index contributed by atoms with van der Waals surface area (Å²) < 4.78 is 16.3. The van der Waals surface area contributed by atoms with Crippen molar-refractivity contribution in [2.75, 3.05) is 62.1 Å². The SMILES string of the molecule is CNc1nc(COC(N)N2CCC[C@@H]2C(=O)OC)nc2c1C(C)(C)C(=O)N2c1ccc(N2CCOCC2)cc1. The standard InChI is InChI=1S/C27H37N7O5/c1-27(2)21-22(29-3)30-20(16-39-26(28)33-11-5-6-19(33)24(35)37-4)31-23(21)34(25(27)36)18-9-7-17(8-10-18)32-12-14-38-15-13-32/h7-10,19,26H,5-6,11-16,28H2,1-4H3,(H,29,30,31)/t19-,26?/m1/s1. The van der Waals surface area contributed by atoms with Crippen LogP contribution >= 0.6 is 0 Å². The molecule has 210 valence electrons. The van der Waals surface area contributed by atoms with Crippen molar-refractivity contribution >= 4 is 34.9 Å². The molecule has 3 N–H and O–H groups in total. The lowest BCUT2D eigenvalue weighted by molar-refractivity contribution is -0.152. The smallest absolute Gasteiger partial charge is 0.323 e. The molecule has 0 spiro atoms. The largest absolute Gasteiger partial charge is 0.468 e. The fourth-order valence-corrected chi connectivity index (χ4v) is 5.57. The molecule has 5 rings (SSSR count). The van der Waals surface area contributed by atoms with E-state index in [9.17, 15) is 9.59 Å². The molecule has 1 aromatic heterocycles. The second kappa shape index (κ2) is 11.0. The second-order valence-corrected chi connectivity index (χ2v) is 10.4. The summed E-state index contributed by atoms with van der Waals surface area (Å²) in [7, 11) is 3.14. The number of carbonyl (C=O) groups is 2. The van der Waals surface area contributed by atoms with Crippen molar-refractivity contribution < 1.29 is 23.8 Å². The lowest BCUT2D eigenvalue weighted by atomic mass is 9.87. The highest BCUT2D eigenvalue weighted by molar-refractivity contribution is 6.12. The number of likely N-dealkylation sites (tertiary alicyclic amines) is 1. The third-order valence-electron chi connectivity index (χ3n) is 7.71. The minimum absolute atomic E-state index is 0.00590. The van der Waals surface area contributed by atoms with Gasteiger partial charge in [0.1, 0.15) is 24.3 Å². The van der Waals surface area contributed by atoms with Crippen LogP contribution in [0.3, 0.4) is 0 Å². The number of nitrogens with zero attached hydrogens (tertiary/aromatic N) is 5. The summed E-state index contributed by atoms with van der Waals surface area (Å²) in [6, 6.07) is 7.50. The number of ether oxygens (including phenoxy) is 3. The molecule has 3 aliphatic rings. The van der Waals surface area contributed by atoms with Crippen molar-refractivity contribution in [2.45, 2.75) is 51.1 Å². The maximum Gasteiger partial charge on any atom is 0.323 e. The van der Waals surface area contributed by atoms with Crippen LogP contribution in [0.25, 0.3) is 0 Å². The van der Waals surface area contributed by atoms with Crippen LogP contribution in [-0.4, -0.2) is 86.1 Å². The number of aromatic nitrogens is 2. The Balaban J connectivity index is 1.41. The molecule has 3 aliphatic heterocycles. The third kappa shape index (κ3) is 5.05. The fraction of sp³-hybridized carbons (Fsp3) is 0.556. The highest BCUT2D eigenvalue weighted by Gasteiger charge is 2.48. The van der Waals surface area contributed by atoms with E-state index in [1.165, 1.54) is 7.11 Å². The zero-order chi connectivity index (χ0) is 27.7. The van der Waals surface area contributed by atoms with E-state index in [-0.39, 0.29) is 18.5 Å². The van der Waals surface area contributed by atoms with Crippen molar-refractivity contribution in [3.05, 3.63) is 35.7 Å². The number of fused-ring (bicyclic) bond motifs is 1. The van der Waals surface area contributed by atoms with Crippen LogP contribution in [0.5, 0.6) is 0 Å². The summed E-state index contributed by atoms with van der Waals surface area (Å²) in [5.41, 5.74) is 8.00. The van der Waals surface area contributed by atoms with E-state index in [1.807, 2.05) is 38.1 Å². The molecule has 2 fully saturated rings. The molecule has 12 heteroatoms. The van der Waals surface area contributed by atoms with Crippen molar-refractivity contribution in [3.8, 4) is 0 Å². The van der Waals surface area contributed by atoms with Crippen molar-refractivity contribution in [2.24, 2.45) is 5.73 Å². The van der Waals surface area contributed by atoms with E-state index in [4.69, 9.17) is 24.9 Å². The summed E-state index contributed by atoms with van der Waals surface area (Å²) in [6.07, 6.45) is 0.667. The van der Waals surface area contributed by atoms with Crippen LogP contribution in [0.4, 0.5) is 23.0 Å². The number of nitrogens with two attached hydrogens (primary N) is 1. The monoisotopic (exact) mass is 539 g/mol. The topological polar surface area (TPSA) is 135 Å². The van der Waals surface area contributed by atoms with Crippen LogP contribution < -0.4 is 20.9 Å². The number of esters is 1. The molecule has 1 aromatic carbocycles. The Morgan fingerprint density at radius 2 is 1.87 bits per heavy atom. The number of amides is 1. The van der Waals surface area contributed by atoms with E-state index in [2.05, 4.69) is 15.2 Å². The van der Waals surface area contributed by atoms with E-state index in [0.29, 0.717) is 43.6 Å². The van der Waals surface area contributed by atoms with Gasteiger partial charge in [-0.3, -0.25) is 25.1 Å². The number of methoxy groups -OCH3 is 1. The Labute approximate surface area is 228 Å². The van der Waals surface area contributed by atoms with E-state index < -0.39 is 17.8 Å². The molecule has 1 unspecified atom stereocenters.